The molecule has 0 aliphatic rings. The normalized spacial score (nSPS) is 11.7. The van der Waals surface area contributed by atoms with Crippen LogP contribution in [0.5, 0.6) is 11.5 Å². The predicted octanol–water partition coefficient (Wildman–Crippen LogP) is 4.11. The first-order valence-electron chi connectivity index (χ1n) is 7.72. The number of para-hydroxylation sites is 2. The van der Waals surface area contributed by atoms with Crippen molar-refractivity contribution in [1.29, 1.82) is 0 Å². The van der Waals surface area contributed by atoms with Gasteiger partial charge in [-0.25, -0.2) is 0 Å². The van der Waals surface area contributed by atoms with Gasteiger partial charge in [-0.3, -0.25) is 4.79 Å². The summed E-state index contributed by atoms with van der Waals surface area (Å²) in [5.41, 5.74) is 2.86. The van der Waals surface area contributed by atoms with Crippen molar-refractivity contribution in [3.63, 3.8) is 0 Å². The zero-order chi connectivity index (χ0) is 16.8. The van der Waals surface area contributed by atoms with E-state index >= 15 is 0 Å². The Bertz CT molecular complexity index is 662. The van der Waals surface area contributed by atoms with E-state index in [1.807, 2.05) is 45.0 Å². The van der Waals surface area contributed by atoms with Crippen LogP contribution in [0.15, 0.2) is 42.5 Å². The molecule has 1 unspecified atom stereocenters. The van der Waals surface area contributed by atoms with Gasteiger partial charge < -0.3 is 14.8 Å². The smallest absolute Gasteiger partial charge is 0.265 e. The third-order valence-corrected chi connectivity index (χ3v) is 3.50. The minimum Gasteiger partial charge on any atom is -0.495 e. The number of ether oxygens (including phenoxy) is 2. The molecular formula is C19H23NO3. The van der Waals surface area contributed by atoms with Crippen LogP contribution in [0.4, 0.5) is 5.69 Å². The second-order valence-corrected chi connectivity index (χ2v) is 5.53. The van der Waals surface area contributed by atoms with Crippen LogP contribution in [0, 0.1) is 13.8 Å². The molecule has 1 atom stereocenters. The summed E-state index contributed by atoms with van der Waals surface area (Å²) in [7, 11) is 1.58. The predicted molar refractivity (Wildman–Crippen MR) is 92.2 cm³/mol. The summed E-state index contributed by atoms with van der Waals surface area (Å²) < 4.78 is 11.1. The van der Waals surface area contributed by atoms with Crippen molar-refractivity contribution in [1.82, 2.24) is 0 Å². The highest BCUT2D eigenvalue weighted by Crippen LogP contribution is 2.24. The van der Waals surface area contributed by atoms with Gasteiger partial charge in [-0.05, 0) is 55.7 Å². The lowest BCUT2D eigenvalue weighted by Gasteiger charge is -2.19. The largest absolute Gasteiger partial charge is 0.495 e. The van der Waals surface area contributed by atoms with Gasteiger partial charge in [0, 0.05) is 0 Å². The highest BCUT2D eigenvalue weighted by Gasteiger charge is 2.20. The Morgan fingerprint density at radius 2 is 1.78 bits per heavy atom. The zero-order valence-electron chi connectivity index (χ0n) is 14.1. The molecule has 0 fully saturated rings. The molecule has 0 saturated heterocycles. The van der Waals surface area contributed by atoms with E-state index < -0.39 is 6.10 Å². The lowest BCUT2D eigenvalue weighted by Crippen LogP contribution is -2.32. The number of carbonyl (C=O) groups is 1. The number of hydrogen-bond donors (Lipinski definition) is 1. The summed E-state index contributed by atoms with van der Waals surface area (Å²) in [6, 6.07) is 13.3. The summed E-state index contributed by atoms with van der Waals surface area (Å²) in [6.07, 6.45) is 0.0228. The van der Waals surface area contributed by atoms with Crippen molar-refractivity contribution in [2.75, 3.05) is 12.4 Å². The minimum atomic E-state index is -0.555. The van der Waals surface area contributed by atoms with Crippen molar-refractivity contribution in [2.45, 2.75) is 33.3 Å². The molecular weight excluding hydrogens is 290 g/mol. The van der Waals surface area contributed by atoms with E-state index in [2.05, 4.69) is 11.4 Å². The molecule has 1 N–H and O–H groups in total. The lowest BCUT2D eigenvalue weighted by atomic mass is 10.1. The van der Waals surface area contributed by atoms with Crippen LogP contribution in [-0.2, 0) is 4.79 Å². The third-order valence-electron chi connectivity index (χ3n) is 3.50. The fourth-order valence-electron chi connectivity index (χ4n) is 2.45. The number of anilines is 1. The van der Waals surface area contributed by atoms with E-state index in [0.717, 1.165) is 11.1 Å². The molecule has 4 nitrogen and oxygen atoms in total. The average Bonchev–Trinajstić information content (AvgIpc) is 2.52. The standard InChI is InChI=1S/C19H23NO3/c1-5-17(23-15-11-13(2)10-14(3)12-15)19(21)20-16-8-6-7-9-18(16)22-4/h6-12,17H,5H2,1-4H3,(H,20,21). The van der Waals surface area contributed by atoms with Crippen molar-refractivity contribution >= 4 is 11.6 Å². The van der Waals surface area contributed by atoms with Crippen LogP contribution >= 0.6 is 0 Å². The van der Waals surface area contributed by atoms with Gasteiger partial charge in [0.25, 0.3) is 5.91 Å². The molecule has 1 amide bonds. The molecule has 4 heteroatoms. The van der Waals surface area contributed by atoms with Gasteiger partial charge in [0.2, 0.25) is 0 Å². The highest BCUT2D eigenvalue weighted by molar-refractivity contribution is 5.95. The fraction of sp³-hybridized carbons (Fsp3) is 0.316. The van der Waals surface area contributed by atoms with Gasteiger partial charge in [-0.15, -0.1) is 0 Å². The maximum absolute atomic E-state index is 12.5. The number of benzene rings is 2. The summed E-state index contributed by atoms with van der Waals surface area (Å²) in [6.45, 7) is 5.95. The molecule has 0 aliphatic heterocycles. The van der Waals surface area contributed by atoms with Gasteiger partial charge in [0.15, 0.2) is 6.10 Å². The van der Waals surface area contributed by atoms with Crippen molar-refractivity contribution in [2.24, 2.45) is 0 Å². The fourth-order valence-corrected chi connectivity index (χ4v) is 2.45. The van der Waals surface area contributed by atoms with Gasteiger partial charge in [0.1, 0.15) is 11.5 Å². The number of rotatable bonds is 6. The van der Waals surface area contributed by atoms with E-state index in [4.69, 9.17) is 9.47 Å². The Labute approximate surface area is 137 Å². The van der Waals surface area contributed by atoms with Gasteiger partial charge in [0.05, 0.1) is 12.8 Å². The number of aryl methyl sites for hydroxylation is 2. The molecule has 0 aliphatic carbocycles. The van der Waals surface area contributed by atoms with Crippen LogP contribution in [0.1, 0.15) is 24.5 Å². The van der Waals surface area contributed by atoms with Crippen LogP contribution in [0.25, 0.3) is 0 Å². The van der Waals surface area contributed by atoms with Crippen LogP contribution < -0.4 is 14.8 Å². The Balaban J connectivity index is 2.12. The van der Waals surface area contributed by atoms with E-state index in [0.29, 0.717) is 23.6 Å². The summed E-state index contributed by atoms with van der Waals surface area (Å²) >= 11 is 0. The number of amides is 1. The Hall–Kier alpha value is -2.49. The maximum atomic E-state index is 12.5. The minimum absolute atomic E-state index is 0.184. The Morgan fingerprint density at radius 1 is 1.13 bits per heavy atom. The van der Waals surface area contributed by atoms with Gasteiger partial charge in [-0.2, -0.15) is 0 Å². The summed E-state index contributed by atoms with van der Waals surface area (Å²) in [4.78, 5) is 12.5. The van der Waals surface area contributed by atoms with Gasteiger partial charge in [-0.1, -0.05) is 25.1 Å². The number of carbonyl (C=O) groups excluding carboxylic acids is 1. The van der Waals surface area contributed by atoms with E-state index in [1.165, 1.54) is 0 Å². The highest BCUT2D eigenvalue weighted by atomic mass is 16.5. The van der Waals surface area contributed by atoms with Gasteiger partial charge >= 0.3 is 0 Å². The van der Waals surface area contributed by atoms with Crippen molar-refractivity contribution in [3.8, 4) is 11.5 Å². The Morgan fingerprint density at radius 3 is 2.39 bits per heavy atom. The quantitative estimate of drug-likeness (QED) is 0.873. The topological polar surface area (TPSA) is 47.6 Å². The second kappa shape index (κ2) is 7.68. The number of nitrogens with one attached hydrogen (secondary N) is 1. The first-order chi connectivity index (χ1) is 11.0. The SMILES string of the molecule is CCC(Oc1cc(C)cc(C)c1)C(=O)Nc1ccccc1OC. The van der Waals surface area contributed by atoms with Crippen molar-refractivity contribution in [3.05, 3.63) is 53.6 Å². The first kappa shape index (κ1) is 16.9. The monoisotopic (exact) mass is 313 g/mol. The van der Waals surface area contributed by atoms with Crippen molar-refractivity contribution < 1.29 is 14.3 Å². The molecule has 122 valence electrons. The van der Waals surface area contributed by atoms with Crippen LogP contribution in [0.2, 0.25) is 0 Å². The molecule has 0 saturated carbocycles. The average molecular weight is 313 g/mol. The van der Waals surface area contributed by atoms with E-state index in [-0.39, 0.29) is 5.91 Å². The molecule has 0 spiro atoms. The van der Waals surface area contributed by atoms with E-state index in [1.54, 1.807) is 19.2 Å². The zero-order valence-corrected chi connectivity index (χ0v) is 14.1. The third kappa shape index (κ3) is 4.49. The molecule has 0 aromatic heterocycles. The first-order valence-corrected chi connectivity index (χ1v) is 7.72. The molecule has 0 radical (unpaired) electrons. The van der Waals surface area contributed by atoms with Crippen LogP contribution in [0.3, 0.4) is 0 Å². The summed E-state index contributed by atoms with van der Waals surface area (Å²) in [5.74, 6) is 1.16. The number of methoxy groups -OCH3 is 1. The molecule has 23 heavy (non-hydrogen) atoms. The molecule has 0 heterocycles. The number of hydrogen-bond acceptors (Lipinski definition) is 3. The van der Waals surface area contributed by atoms with Crippen LogP contribution in [-0.4, -0.2) is 19.1 Å². The lowest BCUT2D eigenvalue weighted by molar-refractivity contribution is -0.122. The maximum Gasteiger partial charge on any atom is 0.265 e. The second-order valence-electron chi connectivity index (χ2n) is 5.53. The van der Waals surface area contributed by atoms with E-state index in [9.17, 15) is 4.79 Å². The molecule has 2 aromatic carbocycles. The molecule has 2 aromatic rings. The molecule has 0 bridgehead atoms. The molecule has 2 rings (SSSR count). The summed E-state index contributed by atoms with van der Waals surface area (Å²) in [5, 5.41) is 2.87. The Kier molecular flexibility index (Phi) is 5.63.